The Morgan fingerprint density at radius 2 is 1.86 bits per heavy atom. The second kappa shape index (κ2) is 13.3. The van der Waals surface area contributed by atoms with Crippen molar-refractivity contribution in [3.63, 3.8) is 0 Å². The summed E-state index contributed by atoms with van der Waals surface area (Å²) in [7, 11) is 2.12. The smallest absolute Gasteiger partial charge is 0.256 e. The number of nitrogens with zero attached hydrogens (tertiary/aromatic N) is 5. The molecule has 1 aromatic carbocycles. The number of H-pyrrole nitrogens is 1. The average Bonchev–Trinajstić information content (AvgIpc) is 3.01. The number of amides is 2. The van der Waals surface area contributed by atoms with Gasteiger partial charge in [-0.15, -0.1) is 0 Å². The number of benzene rings is 1. The predicted octanol–water partition coefficient (Wildman–Crippen LogP) is 2.83. The summed E-state index contributed by atoms with van der Waals surface area (Å²) in [5, 5.41) is 2.87. The Balaban J connectivity index is 1.49. The van der Waals surface area contributed by atoms with Crippen molar-refractivity contribution in [3.05, 3.63) is 82.2 Å². The molecule has 4 heterocycles. The number of piperazine rings is 1. The summed E-state index contributed by atoms with van der Waals surface area (Å²) in [6, 6.07) is 9.32. The van der Waals surface area contributed by atoms with E-state index >= 15 is 0 Å². The van der Waals surface area contributed by atoms with E-state index in [-0.39, 0.29) is 30.0 Å². The number of anilines is 2. The number of hydrogen-bond donors (Lipinski definition) is 2. The number of hydrogen-bond acceptors (Lipinski definition) is 8. The minimum absolute atomic E-state index is 0.0172. The molecular formula is C32H39N7O4. The molecular weight excluding hydrogens is 546 g/mol. The van der Waals surface area contributed by atoms with Crippen molar-refractivity contribution in [1.82, 2.24) is 25.2 Å². The third-order valence-corrected chi connectivity index (χ3v) is 8.10. The summed E-state index contributed by atoms with van der Waals surface area (Å²) in [4.78, 5) is 57.3. The Kier molecular flexibility index (Phi) is 9.32. The zero-order valence-corrected chi connectivity index (χ0v) is 25.1. The minimum Gasteiger partial charge on any atom is -0.381 e. The molecule has 2 aliphatic heterocycles. The molecule has 0 atom stereocenters. The van der Waals surface area contributed by atoms with Crippen molar-refractivity contribution in [2.24, 2.45) is 0 Å². The van der Waals surface area contributed by atoms with Crippen LogP contribution in [-0.4, -0.2) is 84.1 Å². The summed E-state index contributed by atoms with van der Waals surface area (Å²) in [6.07, 6.45) is 4.46. The molecule has 2 saturated heterocycles. The van der Waals surface area contributed by atoms with Gasteiger partial charge in [-0.05, 0) is 75.7 Å². The van der Waals surface area contributed by atoms with Crippen LogP contribution in [0.2, 0.25) is 0 Å². The highest BCUT2D eigenvalue weighted by molar-refractivity contribution is 6.04. The summed E-state index contributed by atoms with van der Waals surface area (Å²) >= 11 is 0. The van der Waals surface area contributed by atoms with E-state index in [2.05, 4.69) is 38.7 Å². The topological polar surface area (TPSA) is 124 Å². The van der Waals surface area contributed by atoms with Crippen LogP contribution in [-0.2, 0) is 16.1 Å². The lowest BCUT2D eigenvalue weighted by Crippen LogP contribution is -2.44. The molecule has 0 spiro atoms. The quantitative estimate of drug-likeness (QED) is 0.387. The van der Waals surface area contributed by atoms with Gasteiger partial charge in [-0.3, -0.25) is 14.4 Å². The van der Waals surface area contributed by atoms with E-state index in [1.54, 1.807) is 30.9 Å². The minimum atomic E-state index is -0.373. The number of carbonyl (C=O) groups is 2. The first kappa shape index (κ1) is 30.1. The van der Waals surface area contributed by atoms with Gasteiger partial charge in [-0.2, -0.15) is 0 Å². The predicted molar refractivity (Wildman–Crippen MR) is 166 cm³/mol. The van der Waals surface area contributed by atoms with Crippen molar-refractivity contribution in [3.8, 4) is 11.1 Å². The number of pyridine rings is 1. The fourth-order valence-electron chi connectivity index (χ4n) is 5.62. The molecule has 0 radical (unpaired) electrons. The van der Waals surface area contributed by atoms with Crippen LogP contribution in [0.1, 0.15) is 40.3 Å². The molecule has 2 amide bonds. The Labute approximate surface area is 251 Å². The fourth-order valence-corrected chi connectivity index (χ4v) is 5.62. The lowest BCUT2D eigenvalue weighted by atomic mass is 10.00. The van der Waals surface area contributed by atoms with Crippen molar-refractivity contribution < 1.29 is 14.3 Å². The average molecular weight is 586 g/mol. The first-order chi connectivity index (χ1) is 20.7. The molecule has 2 aromatic heterocycles. The number of nitrogens with one attached hydrogen (secondary N) is 2. The van der Waals surface area contributed by atoms with E-state index in [1.165, 1.54) is 6.08 Å². The van der Waals surface area contributed by atoms with Crippen LogP contribution in [0.15, 0.2) is 54.0 Å². The maximum Gasteiger partial charge on any atom is 0.256 e. The van der Waals surface area contributed by atoms with Crippen molar-refractivity contribution >= 4 is 23.3 Å². The zero-order chi connectivity index (χ0) is 30.5. The molecule has 0 aliphatic carbocycles. The van der Waals surface area contributed by atoms with Crippen LogP contribution in [0.4, 0.5) is 11.5 Å². The zero-order valence-electron chi connectivity index (χ0n) is 25.1. The summed E-state index contributed by atoms with van der Waals surface area (Å²) in [6.45, 7) is 12.1. The lowest BCUT2D eigenvalue weighted by molar-refractivity contribution is -0.115. The molecule has 11 heteroatoms. The maximum atomic E-state index is 13.6. The van der Waals surface area contributed by atoms with Gasteiger partial charge in [0.05, 0.1) is 12.1 Å². The third-order valence-electron chi connectivity index (χ3n) is 8.10. The number of aromatic nitrogens is 3. The number of aromatic amines is 1. The summed E-state index contributed by atoms with van der Waals surface area (Å²) in [5.74, 6) is 0.806. The summed E-state index contributed by atoms with van der Waals surface area (Å²) in [5.41, 5.74) is 3.19. The van der Waals surface area contributed by atoms with E-state index < -0.39 is 0 Å². The highest BCUT2D eigenvalue weighted by Crippen LogP contribution is 2.31. The number of likely N-dealkylation sites (N-methyl/N-ethyl adjacent to an activating group) is 1. The van der Waals surface area contributed by atoms with Crippen molar-refractivity contribution in [2.75, 3.05) is 56.2 Å². The molecule has 11 nitrogen and oxygen atoms in total. The van der Waals surface area contributed by atoms with Crippen LogP contribution >= 0.6 is 0 Å². The lowest BCUT2D eigenvalue weighted by Gasteiger charge is -2.34. The second-order valence-electron chi connectivity index (χ2n) is 11.1. The number of carbonyl (C=O) groups excluding carboxylic acids is 2. The van der Waals surface area contributed by atoms with Gasteiger partial charge < -0.3 is 29.7 Å². The van der Waals surface area contributed by atoms with E-state index in [1.807, 2.05) is 24.4 Å². The third kappa shape index (κ3) is 7.00. The normalized spacial score (nSPS) is 16.1. The van der Waals surface area contributed by atoms with Gasteiger partial charge in [0.25, 0.3) is 17.4 Å². The first-order valence-electron chi connectivity index (χ1n) is 14.7. The van der Waals surface area contributed by atoms with E-state index in [4.69, 9.17) is 9.72 Å². The molecule has 5 rings (SSSR count). The highest BCUT2D eigenvalue weighted by atomic mass is 16.5. The van der Waals surface area contributed by atoms with Gasteiger partial charge in [0.15, 0.2) is 0 Å². The fraction of sp³-hybridized carbons (Fsp3) is 0.406. The van der Waals surface area contributed by atoms with Gasteiger partial charge in [-0.1, -0.05) is 6.58 Å². The first-order valence-corrected chi connectivity index (χ1v) is 14.7. The molecule has 0 bridgehead atoms. The summed E-state index contributed by atoms with van der Waals surface area (Å²) < 4.78 is 5.55. The van der Waals surface area contributed by atoms with E-state index in [0.717, 1.165) is 43.1 Å². The van der Waals surface area contributed by atoms with Crippen molar-refractivity contribution in [2.45, 2.75) is 39.3 Å². The van der Waals surface area contributed by atoms with Gasteiger partial charge in [-0.25, -0.2) is 9.97 Å². The van der Waals surface area contributed by atoms with Gasteiger partial charge in [0.1, 0.15) is 11.6 Å². The molecule has 226 valence electrons. The SMILES string of the molecule is C=CC(=O)N(c1cc(C(=O)NCc2c(C)nc(C)[nH]c2=O)cc(-c2ccc(N3CCN(C)CC3)nc2)c1)C1CCOCC1. The van der Waals surface area contributed by atoms with E-state index in [9.17, 15) is 14.4 Å². The molecule has 0 saturated carbocycles. The number of aryl methyl sites for hydroxylation is 2. The molecule has 2 N–H and O–H groups in total. The van der Waals surface area contributed by atoms with E-state index in [0.29, 0.717) is 54.4 Å². The molecule has 2 fully saturated rings. The molecule has 0 unspecified atom stereocenters. The molecule has 2 aliphatic rings. The van der Waals surface area contributed by atoms with Crippen LogP contribution in [0.5, 0.6) is 0 Å². The van der Waals surface area contributed by atoms with Gasteiger partial charge >= 0.3 is 0 Å². The van der Waals surface area contributed by atoms with Crippen LogP contribution in [0.3, 0.4) is 0 Å². The second-order valence-corrected chi connectivity index (χ2v) is 11.1. The van der Waals surface area contributed by atoms with Crippen LogP contribution < -0.4 is 20.7 Å². The molecule has 43 heavy (non-hydrogen) atoms. The maximum absolute atomic E-state index is 13.6. The largest absolute Gasteiger partial charge is 0.381 e. The Hall–Kier alpha value is -4.35. The standard InChI is InChI=1S/C32H39N7O4/c1-5-30(40)39(26-8-14-43-15-9-26)27-17-24(23-6-7-29(33-19-23)38-12-10-37(4)11-13-38)16-25(18-27)31(41)34-20-28-21(2)35-22(3)36-32(28)42/h5-7,16-19,26H,1,8-15,20H2,2-4H3,(H,34,41)(H,35,36,42). The van der Waals surface area contributed by atoms with Crippen LogP contribution in [0, 0.1) is 13.8 Å². The van der Waals surface area contributed by atoms with Gasteiger partial charge in [0, 0.05) is 74.1 Å². The van der Waals surface area contributed by atoms with Gasteiger partial charge in [0.2, 0.25) is 0 Å². The Bertz CT molecular complexity index is 1540. The Morgan fingerprint density at radius 1 is 1.12 bits per heavy atom. The Morgan fingerprint density at radius 3 is 2.51 bits per heavy atom. The highest BCUT2D eigenvalue weighted by Gasteiger charge is 2.27. The molecule has 3 aromatic rings. The van der Waals surface area contributed by atoms with Crippen molar-refractivity contribution in [1.29, 1.82) is 0 Å². The monoisotopic (exact) mass is 585 g/mol. The number of ether oxygens (including phenoxy) is 1. The van der Waals surface area contributed by atoms with Crippen LogP contribution in [0.25, 0.3) is 11.1 Å². The number of rotatable bonds is 8.